The summed E-state index contributed by atoms with van der Waals surface area (Å²) in [7, 11) is 0. The van der Waals surface area contributed by atoms with Gasteiger partial charge in [0.25, 0.3) is 0 Å². The van der Waals surface area contributed by atoms with E-state index in [1.54, 1.807) is 11.3 Å². The first-order valence-corrected chi connectivity index (χ1v) is 8.00. The van der Waals surface area contributed by atoms with E-state index in [4.69, 9.17) is 5.73 Å². The van der Waals surface area contributed by atoms with Crippen molar-refractivity contribution >= 4 is 22.1 Å². The fraction of sp³-hybridized carbons (Fsp3) is 0.222. The lowest BCUT2D eigenvalue weighted by Gasteiger charge is -2.11. The molecule has 0 saturated heterocycles. The summed E-state index contributed by atoms with van der Waals surface area (Å²) >= 11 is 1.76. The zero-order valence-corrected chi connectivity index (χ0v) is 12.3. The van der Waals surface area contributed by atoms with Gasteiger partial charge in [-0.2, -0.15) is 11.3 Å². The highest BCUT2D eigenvalue weighted by Gasteiger charge is 2.06. The van der Waals surface area contributed by atoms with Crippen LogP contribution in [0.5, 0.6) is 0 Å². The van der Waals surface area contributed by atoms with Crippen molar-refractivity contribution in [3.05, 3.63) is 70.4 Å². The van der Waals surface area contributed by atoms with Crippen LogP contribution in [0.1, 0.15) is 17.5 Å². The van der Waals surface area contributed by atoms with Crippen LogP contribution in [0.2, 0.25) is 0 Å². The summed E-state index contributed by atoms with van der Waals surface area (Å²) in [5.74, 6) is 0. The lowest BCUT2D eigenvalue weighted by molar-refractivity contribution is 0.611. The van der Waals surface area contributed by atoms with Gasteiger partial charge in [0.2, 0.25) is 0 Å². The van der Waals surface area contributed by atoms with Crippen LogP contribution in [0.25, 0.3) is 10.8 Å². The molecule has 0 bridgehead atoms. The minimum Gasteiger partial charge on any atom is -0.327 e. The molecule has 20 heavy (non-hydrogen) atoms. The molecule has 1 nitrogen and oxygen atoms in total. The van der Waals surface area contributed by atoms with Crippen LogP contribution in [0.4, 0.5) is 0 Å². The second-order valence-corrected chi connectivity index (χ2v) is 6.10. The number of nitrogens with two attached hydrogens (primary N) is 1. The molecule has 0 radical (unpaired) electrons. The van der Waals surface area contributed by atoms with Gasteiger partial charge in [0.15, 0.2) is 0 Å². The molecule has 1 atom stereocenters. The number of hydrogen-bond acceptors (Lipinski definition) is 2. The minimum atomic E-state index is 0.232. The molecule has 0 aliphatic carbocycles. The maximum atomic E-state index is 6.27. The lowest BCUT2D eigenvalue weighted by atomic mass is 9.98. The Morgan fingerprint density at radius 2 is 1.80 bits per heavy atom. The number of rotatable bonds is 5. The Labute approximate surface area is 124 Å². The van der Waals surface area contributed by atoms with E-state index in [1.807, 2.05) is 0 Å². The molecule has 0 saturated carbocycles. The van der Waals surface area contributed by atoms with Gasteiger partial charge in [0, 0.05) is 6.04 Å². The molecule has 2 heteroatoms. The zero-order chi connectivity index (χ0) is 13.8. The monoisotopic (exact) mass is 281 g/mol. The second kappa shape index (κ2) is 6.21. The Hall–Kier alpha value is -1.64. The number of fused-ring (bicyclic) bond motifs is 1. The predicted molar refractivity (Wildman–Crippen MR) is 88.3 cm³/mol. The summed E-state index contributed by atoms with van der Waals surface area (Å²) in [5, 5.41) is 6.94. The standard InChI is InChI=1S/C18H19NS/c19-18(8-6-14-9-10-20-13-14)12-15-5-7-16-3-1-2-4-17(16)11-15/h1-5,7,9-11,13,18H,6,8,12,19H2. The highest BCUT2D eigenvalue weighted by molar-refractivity contribution is 7.07. The third-order valence-corrected chi connectivity index (χ3v) is 4.43. The summed E-state index contributed by atoms with van der Waals surface area (Å²) in [4.78, 5) is 0. The quantitative estimate of drug-likeness (QED) is 0.737. The summed E-state index contributed by atoms with van der Waals surface area (Å²) < 4.78 is 0. The van der Waals surface area contributed by atoms with E-state index in [-0.39, 0.29) is 6.04 Å². The van der Waals surface area contributed by atoms with E-state index in [1.165, 1.54) is 21.9 Å². The number of hydrogen-bond donors (Lipinski definition) is 1. The Kier molecular flexibility index (Phi) is 4.14. The Morgan fingerprint density at radius 3 is 2.60 bits per heavy atom. The van der Waals surface area contributed by atoms with Gasteiger partial charge in [0.05, 0.1) is 0 Å². The maximum Gasteiger partial charge on any atom is 0.00824 e. The molecule has 2 N–H and O–H groups in total. The molecular formula is C18H19NS. The van der Waals surface area contributed by atoms with E-state index >= 15 is 0 Å². The third-order valence-electron chi connectivity index (χ3n) is 3.70. The fourth-order valence-corrected chi connectivity index (χ4v) is 3.26. The van der Waals surface area contributed by atoms with Gasteiger partial charge in [-0.15, -0.1) is 0 Å². The number of aryl methyl sites for hydroxylation is 1. The Balaban J connectivity index is 1.63. The SMILES string of the molecule is NC(CCc1ccsc1)Cc1ccc2ccccc2c1. The van der Waals surface area contributed by atoms with Gasteiger partial charge < -0.3 is 5.73 Å². The van der Waals surface area contributed by atoms with Crippen molar-refractivity contribution in [3.8, 4) is 0 Å². The smallest absolute Gasteiger partial charge is 0.00824 e. The molecule has 0 spiro atoms. The molecule has 1 unspecified atom stereocenters. The normalized spacial score (nSPS) is 12.7. The van der Waals surface area contributed by atoms with Crippen LogP contribution in [0, 0.1) is 0 Å². The van der Waals surface area contributed by atoms with Crippen molar-refractivity contribution < 1.29 is 0 Å². The zero-order valence-electron chi connectivity index (χ0n) is 11.5. The van der Waals surface area contributed by atoms with Crippen molar-refractivity contribution in [2.75, 3.05) is 0 Å². The molecule has 1 aromatic heterocycles. The fourth-order valence-electron chi connectivity index (χ4n) is 2.56. The van der Waals surface area contributed by atoms with Crippen molar-refractivity contribution in [1.29, 1.82) is 0 Å². The van der Waals surface area contributed by atoms with Crippen molar-refractivity contribution in [2.45, 2.75) is 25.3 Å². The van der Waals surface area contributed by atoms with Gasteiger partial charge >= 0.3 is 0 Å². The van der Waals surface area contributed by atoms with E-state index in [9.17, 15) is 0 Å². The molecule has 3 aromatic rings. The Morgan fingerprint density at radius 1 is 0.950 bits per heavy atom. The molecule has 1 heterocycles. The topological polar surface area (TPSA) is 26.0 Å². The van der Waals surface area contributed by atoms with Gasteiger partial charge in [-0.1, -0.05) is 42.5 Å². The van der Waals surface area contributed by atoms with Gasteiger partial charge in [0.1, 0.15) is 0 Å². The average Bonchev–Trinajstić information content (AvgIpc) is 2.98. The summed E-state index contributed by atoms with van der Waals surface area (Å²) in [5.41, 5.74) is 9.01. The van der Waals surface area contributed by atoms with Crippen molar-refractivity contribution in [3.63, 3.8) is 0 Å². The van der Waals surface area contributed by atoms with Crippen LogP contribution in [0.15, 0.2) is 59.3 Å². The molecule has 0 aliphatic rings. The highest BCUT2D eigenvalue weighted by atomic mass is 32.1. The first-order chi connectivity index (χ1) is 9.81. The average molecular weight is 281 g/mol. The van der Waals surface area contributed by atoms with Crippen LogP contribution in [0.3, 0.4) is 0 Å². The first-order valence-electron chi connectivity index (χ1n) is 7.05. The van der Waals surface area contributed by atoms with Gasteiger partial charge in [-0.3, -0.25) is 0 Å². The number of benzene rings is 2. The molecule has 0 fully saturated rings. The van der Waals surface area contributed by atoms with Crippen molar-refractivity contribution in [1.82, 2.24) is 0 Å². The van der Waals surface area contributed by atoms with Crippen LogP contribution >= 0.6 is 11.3 Å². The van der Waals surface area contributed by atoms with E-state index in [0.29, 0.717) is 0 Å². The molecular weight excluding hydrogens is 262 g/mol. The van der Waals surface area contributed by atoms with E-state index in [0.717, 1.165) is 19.3 Å². The first kappa shape index (κ1) is 13.3. The summed E-state index contributed by atoms with van der Waals surface area (Å²) in [6, 6.07) is 17.6. The molecule has 2 aromatic carbocycles. The minimum absolute atomic E-state index is 0.232. The molecule has 0 amide bonds. The van der Waals surface area contributed by atoms with Crippen LogP contribution in [-0.2, 0) is 12.8 Å². The predicted octanol–water partition coefficient (Wildman–Crippen LogP) is 4.40. The summed E-state index contributed by atoms with van der Waals surface area (Å²) in [6.07, 6.45) is 3.08. The lowest BCUT2D eigenvalue weighted by Crippen LogP contribution is -2.23. The molecule has 102 valence electrons. The molecule has 3 rings (SSSR count). The third kappa shape index (κ3) is 3.27. The molecule has 0 aliphatic heterocycles. The number of thiophene rings is 1. The van der Waals surface area contributed by atoms with E-state index in [2.05, 4.69) is 59.3 Å². The van der Waals surface area contributed by atoms with Crippen LogP contribution in [-0.4, -0.2) is 6.04 Å². The van der Waals surface area contributed by atoms with E-state index < -0.39 is 0 Å². The van der Waals surface area contributed by atoms with Gasteiger partial charge in [-0.05, 0) is 58.0 Å². The maximum absolute atomic E-state index is 6.27. The highest BCUT2D eigenvalue weighted by Crippen LogP contribution is 2.17. The van der Waals surface area contributed by atoms with Crippen molar-refractivity contribution in [2.24, 2.45) is 5.73 Å². The Bertz CT molecular complexity index is 673. The largest absolute Gasteiger partial charge is 0.327 e. The summed E-state index contributed by atoms with van der Waals surface area (Å²) in [6.45, 7) is 0. The van der Waals surface area contributed by atoms with Gasteiger partial charge in [-0.25, -0.2) is 0 Å². The second-order valence-electron chi connectivity index (χ2n) is 5.32. The van der Waals surface area contributed by atoms with Crippen LogP contribution < -0.4 is 5.73 Å².